The van der Waals surface area contributed by atoms with E-state index in [9.17, 15) is 4.79 Å². The molecule has 2 rings (SSSR count). The molecule has 112 valence electrons. The van der Waals surface area contributed by atoms with Gasteiger partial charge in [0.05, 0.1) is 6.33 Å². The zero-order chi connectivity index (χ0) is 14.9. The summed E-state index contributed by atoms with van der Waals surface area (Å²) in [5.74, 6) is -0.361. The van der Waals surface area contributed by atoms with Gasteiger partial charge in [0.15, 0.2) is 6.61 Å². The number of carboxylic acids is 1. The molecule has 0 aliphatic heterocycles. The van der Waals surface area contributed by atoms with Gasteiger partial charge in [-0.15, -0.1) is 0 Å². The van der Waals surface area contributed by atoms with Gasteiger partial charge in [-0.05, 0) is 19.0 Å². The maximum absolute atomic E-state index is 10.5. The van der Waals surface area contributed by atoms with Crippen LogP contribution < -0.4 is 10.1 Å². The minimum absolute atomic E-state index is 0.322. The summed E-state index contributed by atoms with van der Waals surface area (Å²) >= 11 is 0. The Balaban J connectivity index is 1.73. The van der Waals surface area contributed by atoms with Crippen LogP contribution in [0.25, 0.3) is 0 Å². The lowest BCUT2D eigenvalue weighted by Gasteiger charge is -2.11. The predicted octanol–water partition coefficient (Wildman–Crippen LogP) is 1.53. The number of benzene rings is 1. The van der Waals surface area contributed by atoms with Crippen molar-refractivity contribution in [3.63, 3.8) is 0 Å². The smallest absolute Gasteiger partial charge is 0.341 e. The van der Waals surface area contributed by atoms with Gasteiger partial charge in [0.25, 0.3) is 0 Å². The molecule has 1 aromatic carbocycles. The Morgan fingerprint density at radius 1 is 1.38 bits per heavy atom. The molecule has 0 unspecified atom stereocenters. The van der Waals surface area contributed by atoms with Crippen LogP contribution in [0.5, 0.6) is 5.75 Å². The average Bonchev–Trinajstić information content (AvgIpc) is 2.99. The second-order valence-electron chi connectivity index (χ2n) is 4.62. The largest absolute Gasteiger partial charge is 0.482 e. The van der Waals surface area contributed by atoms with Crippen molar-refractivity contribution < 1.29 is 14.6 Å². The fraction of sp³-hybridized carbons (Fsp3) is 0.333. The molecular weight excluding hydrogens is 270 g/mol. The Bertz CT molecular complexity index is 555. The molecule has 0 saturated carbocycles. The van der Waals surface area contributed by atoms with Crippen LogP contribution in [0, 0.1) is 0 Å². The van der Waals surface area contributed by atoms with E-state index in [0.29, 0.717) is 12.3 Å². The van der Waals surface area contributed by atoms with E-state index in [-0.39, 0.29) is 6.61 Å². The van der Waals surface area contributed by atoms with Crippen molar-refractivity contribution in [2.24, 2.45) is 0 Å². The zero-order valence-electron chi connectivity index (χ0n) is 11.7. The number of carboxylic acid groups (broad SMARTS) is 1. The van der Waals surface area contributed by atoms with Crippen LogP contribution >= 0.6 is 0 Å². The monoisotopic (exact) mass is 289 g/mol. The Morgan fingerprint density at radius 3 is 3.00 bits per heavy atom. The minimum atomic E-state index is -0.974. The molecule has 2 aromatic rings. The van der Waals surface area contributed by atoms with Crippen LogP contribution in [-0.4, -0.2) is 33.8 Å². The summed E-state index contributed by atoms with van der Waals surface area (Å²) in [6.45, 7) is 2.12. The number of hydrogen-bond acceptors (Lipinski definition) is 4. The third-order valence-corrected chi connectivity index (χ3v) is 2.97. The maximum atomic E-state index is 10.5. The molecule has 6 nitrogen and oxygen atoms in total. The Hall–Kier alpha value is -2.34. The van der Waals surface area contributed by atoms with Gasteiger partial charge in [-0.1, -0.05) is 18.2 Å². The Labute approximate surface area is 123 Å². The third kappa shape index (κ3) is 5.27. The molecule has 1 heterocycles. The van der Waals surface area contributed by atoms with Gasteiger partial charge in [0.2, 0.25) is 0 Å². The van der Waals surface area contributed by atoms with Crippen molar-refractivity contribution in [1.82, 2.24) is 14.9 Å². The van der Waals surface area contributed by atoms with Gasteiger partial charge in [-0.25, -0.2) is 9.78 Å². The topological polar surface area (TPSA) is 76.4 Å². The number of aromatic nitrogens is 2. The molecule has 1 aromatic heterocycles. The normalized spacial score (nSPS) is 10.5. The fourth-order valence-corrected chi connectivity index (χ4v) is 1.96. The van der Waals surface area contributed by atoms with Crippen LogP contribution in [0.4, 0.5) is 0 Å². The van der Waals surface area contributed by atoms with Crippen molar-refractivity contribution in [1.29, 1.82) is 0 Å². The lowest BCUT2D eigenvalue weighted by atomic mass is 10.2. The number of ether oxygens (including phenoxy) is 1. The number of aliphatic carboxylic acids is 1. The van der Waals surface area contributed by atoms with Gasteiger partial charge in [0.1, 0.15) is 5.75 Å². The molecule has 0 aliphatic rings. The summed E-state index contributed by atoms with van der Waals surface area (Å²) in [5.41, 5.74) is 0.960. The van der Waals surface area contributed by atoms with Crippen molar-refractivity contribution >= 4 is 5.97 Å². The first kappa shape index (κ1) is 15.1. The van der Waals surface area contributed by atoms with E-state index < -0.39 is 5.97 Å². The van der Waals surface area contributed by atoms with Gasteiger partial charge in [-0.3, -0.25) is 0 Å². The summed E-state index contributed by atoms with van der Waals surface area (Å²) in [7, 11) is 0. The number of nitrogens with zero attached hydrogens (tertiary/aromatic N) is 2. The highest BCUT2D eigenvalue weighted by molar-refractivity contribution is 5.68. The first-order valence-electron chi connectivity index (χ1n) is 6.84. The fourth-order valence-electron chi connectivity index (χ4n) is 1.96. The summed E-state index contributed by atoms with van der Waals surface area (Å²) in [6.07, 6.45) is 6.50. The van der Waals surface area contributed by atoms with Gasteiger partial charge in [-0.2, -0.15) is 0 Å². The van der Waals surface area contributed by atoms with E-state index in [2.05, 4.69) is 10.3 Å². The van der Waals surface area contributed by atoms with Gasteiger partial charge < -0.3 is 19.7 Å². The van der Waals surface area contributed by atoms with Crippen molar-refractivity contribution in [2.75, 3.05) is 13.2 Å². The summed E-state index contributed by atoms with van der Waals surface area (Å²) < 4.78 is 7.30. The highest BCUT2D eigenvalue weighted by Crippen LogP contribution is 2.17. The van der Waals surface area contributed by atoms with Crippen molar-refractivity contribution in [2.45, 2.75) is 19.5 Å². The number of hydrogen-bond donors (Lipinski definition) is 2. The second kappa shape index (κ2) is 8.06. The van der Waals surface area contributed by atoms with E-state index in [1.165, 1.54) is 0 Å². The number of aryl methyl sites for hydroxylation is 1. The van der Waals surface area contributed by atoms with Crippen LogP contribution in [0.2, 0.25) is 0 Å². The number of para-hydroxylation sites is 1. The first-order valence-corrected chi connectivity index (χ1v) is 6.84. The molecule has 0 amide bonds. The molecule has 0 spiro atoms. The van der Waals surface area contributed by atoms with Crippen LogP contribution in [-0.2, 0) is 17.9 Å². The van der Waals surface area contributed by atoms with Gasteiger partial charge in [0, 0.05) is 31.0 Å². The van der Waals surface area contributed by atoms with Gasteiger partial charge >= 0.3 is 5.97 Å². The van der Waals surface area contributed by atoms with E-state index >= 15 is 0 Å². The molecule has 0 aliphatic carbocycles. The lowest BCUT2D eigenvalue weighted by molar-refractivity contribution is -0.139. The number of carbonyl (C=O) groups is 1. The number of rotatable bonds is 9. The summed E-state index contributed by atoms with van der Waals surface area (Å²) in [4.78, 5) is 14.5. The molecule has 21 heavy (non-hydrogen) atoms. The molecule has 0 bridgehead atoms. The predicted molar refractivity (Wildman–Crippen MR) is 78.1 cm³/mol. The molecule has 6 heteroatoms. The second-order valence-corrected chi connectivity index (χ2v) is 4.62. The molecule has 0 fully saturated rings. The molecule has 2 N–H and O–H groups in total. The third-order valence-electron chi connectivity index (χ3n) is 2.97. The van der Waals surface area contributed by atoms with E-state index in [1.807, 2.05) is 29.0 Å². The first-order chi connectivity index (χ1) is 10.3. The van der Waals surface area contributed by atoms with Crippen LogP contribution in [0.1, 0.15) is 12.0 Å². The highest BCUT2D eigenvalue weighted by atomic mass is 16.5. The minimum Gasteiger partial charge on any atom is -0.482 e. The molecule has 0 radical (unpaired) electrons. The Morgan fingerprint density at radius 2 is 2.24 bits per heavy atom. The van der Waals surface area contributed by atoms with Crippen molar-refractivity contribution in [3.8, 4) is 5.75 Å². The summed E-state index contributed by atoms with van der Waals surface area (Å²) in [5, 5.41) is 12.0. The van der Waals surface area contributed by atoms with Crippen molar-refractivity contribution in [3.05, 3.63) is 48.5 Å². The number of imidazole rings is 1. The Kier molecular flexibility index (Phi) is 5.78. The number of nitrogens with one attached hydrogen (secondary N) is 1. The zero-order valence-corrected chi connectivity index (χ0v) is 11.7. The van der Waals surface area contributed by atoms with E-state index in [4.69, 9.17) is 9.84 Å². The highest BCUT2D eigenvalue weighted by Gasteiger charge is 2.04. The molecular formula is C15H19N3O3. The maximum Gasteiger partial charge on any atom is 0.341 e. The average molecular weight is 289 g/mol. The standard InChI is InChI=1S/C15H19N3O3/c19-15(20)11-21-14-5-2-1-4-13(14)10-16-6-3-8-18-9-7-17-12-18/h1-2,4-5,7,9,12,16H,3,6,8,10-11H2,(H,19,20). The quantitative estimate of drug-likeness (QED) is 0.685. The molecule has 0 saturated heterocycles. The van der Waals surface area contributed by atoms with Crippen LogP contribution in [0.15, 0.2) is 43.0 Å². The SMILES string of the molecule is O=C(O)COc1ccccc1CNCCCn1ccnc1. The van der Waals surface area contributed by atoms with E-state index in [1.54, 1.807) is 18.6 Å². The van der Waals surface area contributed by atoms with E-state index in [0.717, 1.165) is 25.1 Å². The van der Waals surface area contributed by atoms with Crippen LogP contribution in [0.3, 0.4) is 0 Å². The summed E-state index contributed by atoms with van der Waals surface area (Å²) in [6, 6.07) is 7.46. The molecule has 0 atom stereocenters. The lowest BCUT2D eigenvalue weighted by Crippen LogP contribution is -2.17.